The lowest BCUT2D eigenvalue weighted by molar-refractivity contribution is 0.0943. The van der Waals surface area contributed by atoms with Crippen LogP contribution in [0.2, 0.25) is 0 Å². The molecular weight excluding hydrogens is 354 g/mol. The first-order valence-electron chi connectivity index (χ1n) is 7.79. The summed E-state index contributed by atoms with van der Waals surface area (Å²) in [6.45, 7) is 0.218. The number of hydrogen-bond acceptors (Lipinski definition) is 5. The number of carbonyl (C=O) groups excluding carboxylic acids is 1. The van der Waals surface area contributed by atoms with E-state index in [0.29, 0.717) is 11.4 Å². The van der Waals surface area contributed by atoms with Gasteiger partial charge in [-0.15, -0.1) is 0 Å². The average Bonchev–Trinajstić information content (AvgIpc) is 3.20. The molecule has 0 fully saturated rings. The number of benzene rings is 1. The van der Waals surface area contributed by atoms with Crippen molar-refractivity contribution in [2.45, 2.75) is 11.4 Å². The van der Waals surface area contributed by atoms with Crippen molar-refractivity contribution < 1.29 is 17.6 Å². The third-order valence-electron chi connectivity index (χ3n) is 3.74. The average molecular weight is 371 g/mol. The Kier molecular flexibility index (Phi) is 5.04. The van der Waals surface area contributed by atoms with Gasteiger partial charge in [-0.05, 0) is 36.4 Å². The summed E-state index contributed by atoms with van der Waals surface area (Å²) in [5, 5.41) is 2.67. The van der Waals surface area contributed by atoms with E-state index >= 15 is 0 Å². The summed E-state index contributed by atoms with van der Waals surface area (Å²) in [7, 11) is -2.29. The second-order valence-electron chi connectivity index (χ2n) is 5.45. The first-order valence-corrected chi connectivity index (χ1v) is 9.23. The van der Waals surface area contributed by atoms with Crippen LogP contribution in [0.4, 0.5) is 5.69 Å². The van der Waals surface area contributed by atoms with Crippen molar-refractivity contribution in [1.29, 1.82) is 0 Å². The molecule has 0 spiro atoms. The highest BCUT2D eigenvalue weighted by Crippen LogP contribution is 2.22. The molecule has 0 aliphatic rings. The summed E-state index contributed by atoms with van der Waals surface area (Å²) in [6, 6.07) is 14.5. The Hall–Kier alpha value is -3.13. The van der Waals surface area contributed by atoms with E-state index in [0.717, 1.165) is 4.31 Å². The number of carbonyl (C=O) groups is 1. The van der Waals surface area contributed by atoms with Crippen LogP contribution in [0.3, 0.4) is 0 Å². The molecule has 0 atom stereocenters. The molecule has 0 unspecified atom stereocenters. The van der Waals surface area contributed by atoms with Crippen molar-refractivity contribution in [3.63, 3.8) is 0 Å². The molecule has 7 nitrogen and oxygen atoms in total. The molecule has 1 N–H and O–H groups in total. The van der Waals surface area contributed by atoms with E-state index < -0.39 is 15.9 Å². The lowest BCUT2D eigenvalue weighted by Gasteiger charge is -2.19. The molecule has 0 saturated carbocycles. The second kappa shape index (κ2) is 7.40. The van der Waals surface area contributed by atoms with Crippen LogP contribution in [0.15, 0.2) is 76.4 Å². The Labute approximate surface area is 151 Å². The van der Waals surface area contributed by atoms with Gasteiger partial charge in [-0.2, -0.15) is 0 Å². The van der Waals surface area contributed by atoms with Gasteiger partial charge >= 0.3 is 0 Å². The van der Waals surface area contributed by atoms with E-state index in [4.69, 9.17) is 4.42 Å². The molecule has 2 aromatic heterocycles. The minimum Gasteiger partial charge on any atom is -0.467 e. The zero-order valence-electron chi connectivity index (χ0n) is 14.0. The van der Waals surface area contributed by atoms with Crippen molar-refractivity contribution >= 4 is 21.6 Å². The molecule has 134 valence electrons. The van der Waals surface area contributed by atoms with Crippen LogP contribution in [0, 0.1) is 0 Å². The molecule has 0 bridgehead atoms. The number of anilines is 1. The van der Waals surface area contributed by atoms with Gasteiger partial charge in [-0.1, -0.05) is 18.2 Å². The van der Waals surface area contributed by atoms with Crippen LogP contribution in [-0.2, 0) is 16.6 Å². The predicted octanol–water partition coefficient (Wildman–Crippen LogP) is 2.43. The highest BCUT2D eigenvalue weighted by Gasteiger charge is 2.22. The molecule has 0 saturated heterocycles. The molecule has 3 rings (SSSR count). The van der Waals surface area contributed by atoms with Crippen molar-refractivity contribution in [2.24, 2.45) is 0 Å². The number of sulfonamides is 1. The Morgan fingerprint density at radius 2 is 1.92 bits per heavy atom. The number of nitrogens with zero attached hydrogens (tertiary/aromatic N) is 2. The van der Waals surface area contributed by atoms with Gasteiger partial charge in [0.05, 0.1) is 23.4 Å². The molecule has 1 amide bonds. The molecule has 0 aliphatic heterocycles. The zero-order valence-corrected chi connectivity index (χ0v) is 14.8. The molecule has 3 aromatic rings. The van der Waals surface area contributed by atoms with Crippen molar-refractivity contribution in [2.75, 3.05) is 11.4 Å². The van der Waals surface area contributed by atoms with E-state index in [1.54, 1.807) is 30.3 Å². The van der Waals surface area contributed by atoms with E-state index in [-0.39, 0.29) is 17.1 Å². The predicted molar refractivity (Wildman–Crippen MR) is 96.1 cm³/mol. The minimum atomic E-state index is -3.72. The van der Waals surface area contributed by atoms with Crippen LogP contribution in [0.1, 0.15) is 16.2 Å². The van der Waals surface area contributed by atoms with E-state index in [2.05, 4.69) is 10.3 Å². The number of amides is 1. The summed E-state index contributed by atoms with van der Waals surface area (Å²) >= 11 is 0. The monoisotopic (exact) mass is 371 g/mol. The summed E-state index contributed by atoms with van der Waals surface area (Å²) in [5.41, 5.74) is 0.455. The normalized spacial score (nSPS) is 11.1. The number of pyridine rings is 1. The fourth-order valence-electron chi connectivity index (χ4n) is 2.30. The third kappa shape index (κ3) is 3.75. The Balaban J connectivity index is 1.79. The molecule has 0 aliphatic carbocycles. The van der Waals surface area contributed by atoms with E-state index in [9.17, 15) is 13.2 Å². The van der Waals surface area contributed by atoms with Crippen LogP contribution >= 0.6 is 0 Å². The molecular formula is C18H17N3O4S. The van der Waals surface area contributed by atoms with Gasteiger partial charge in [-0.3, -0.25) is 14.1 Å². The lowest BCUT2D eigenvalue weighted by Crippen LogP contribution is -2.28. The van der Waals surface area contributed by atoms with Crippen LogP contribution in [0.25, 0.3) is 0 Å². The Morgan fingerprint density at radius 1 is 1.15 bits per heavy atom. The first-order chi connectivity index (χ1) is 12.5. The number of furan rings is 1. The number of rotatable bonds is 6. The van der Waals surface area contributed by atoms with Crippen molar-refractivity contribution in [3.05, 3.63) is 78.5 Å². The smallest absolute Gasteiger partial charge is 0.270 e. The highest BCUT2D eigenvalue weighted by molar-refractivity contribution is 7.92. The maximum atomic E-state index is 12.7. The third-order valence-corrected chi connectivity index (χ3v) is 5.54. The van der Waals surface area contributed by atoms with Gasteiger partial charge in [-0.25, -0.2) is 8.42 Å². The molecule has 0 radical (unpaired) electrons. The molecule has 26 heavy (non-hydrogen) atoms. The van der Waals surface area contributed by atoms with Crippen LogP contribution in [-0.4, -0.2) is 26.4 Å². The number of hydrogen-bond donors (Lipinski definition) is 1. The molecule has 2 heterocycles. The Bertz CT molecular complexity index is 986. The largest absolute Gasteiger partial charge is 0.467 e. The summed E-state index contributed by atoms with van der Waals surface area (Å²) in [4.78, 5) is 16.4. The van der Waals surface area contributed by atoms with Crippen molar-refractivity contribution in [1.82, 2.24) is 10.3 Å². The SMILES string of the molecule is CN(c1ccnc(C(=O)NCc2ccco2)c1)S(=O)(=O)c1ccccc1. The topological polar surface area (TPSA) is 92.5 Å². The molecule has 8 heteroatoms. The fraction of sp³-hybridized carbons (Fsp3) is 0.111. The maximum Gasteiger partial charge on any atom is 0.270 e. The maximum absolute atomic E-state index is 12.7. The van der Waals surface area contributed by atoms with Gasteiger partial charge in [0.15, 0.2) is 0 Å². The number of aromatic nitrogens is 1. The summed E-state index contributed by atoms with van der Waals surface area (Å²) in [6.07, 6.45) is 2.91. The van der Waals surface area contributed by atoms with Gasteiger partial charge in [0.2, 0.25) is 0 Å². The number of nitrogens with one attached hydrogen (secondary N) is 1. The summed E-state index contributed by atoms with van der Waals surface area (Å²) < 4.78 is 31.6. The first kappa shape index (κ1) is 17.7. The van der Waals surface area contributed by atoms with Crippen LogP contribution < -0.4 is 9.62 Å². The van der Waals surface area contributed by atoms with Gasteiger partial charge in [0, 0.05) is 13.2 Å². The standard InChI is InChI=1S/C18H17N3O4S/c1-21(26(23,24)16-7-3-2-4-8-16)14-9-10-19-17(12-14)18(22)20-13-15-6-5-11-25-15/h2-12H,13H2,1H3,(H,20,22). The summed E-state index contributed by atoms with van der Waals surface area (Å²) in [5.74, 6) is 0.187. The molecule has 1 aromatic carbocycles. The van der Waals surface area contributed by atoms with E-state index in [1.807, 2.05) is 0 Å². The van der Waals surface area contributed by atoms with Crippen LogP contribution in [0.5, 0.6) is 0 Å². The Morgan fingerprint density at radius 3 is 2.62 bits per heavy atom. The lowest BCUT2D eigenvalue weighted by atomic mass is 10.3. The van der Waals surface area contributed by atoms with Gasteiger partial charge < -0.3 is 9.73 Å². The zero-order chi connectivity index (χ0) is 18.6. The minimum absolute atomic E-state index is 0.115. The quantitative estimate of drug-likeness (QED) is 0.718. The second-order valence-corrected chi connectivity index (χ2v) is 7.42. The fourth-order valence-corrected chi connectivity index (χ4v) is 3.51. The van der Waals surface area contributed by atoms with Gasteiger partial charge in [0.1, 0.15) is 11.5 Å². The van der Waals surface area contributed by atoms with E-state index in [1.165, 1.54) is 43.8 Å². The van der Waals surface area contributed by atoms with Crippen molar-refractivity contribution in [3.8, 4) is 0 Å². The highest BCUT2D eigenvalue weighted by atomic mass is 32.2. The van der Waals surface area contributed by atoms with Gasteiger partial charge in [0.25, 0.3) is 15.9 Å².